The number of carbonyl (C=O) groups is 1. The molecule has 1 aromatic heterocycles. The quantitative estimate of drug-likeness (QED) is 0.258. The summed E-state index contributed by atoms with van der Waals surface area (Å²) in [5, 5.41) is 19.3. The Kier molecular flexibility index (Phi) is 6.63. The number of aromatic nitrogens is 2. The van der Waals surface area contributed by atoms with Crippen LogP contribution in [0.1, 0.15) is 23.5 Å². The number of hydrogen-bond donors (Lipinski definition) is 5. The van der Waals surface area contributed by atoms with Crippen LogP contribution in [0.5, 0.6) is 0 Å². The molecule has 0 unspecified atom stereocenters. The van der Waals surface area contributed by atoms with Crippen LogP contribution in [0.15, 0.2) is 85.2 Å². The Labute approximate surface area is 204 Å². The molecule has 3 aromatic carbocycles. The monoisotopic (exact) mass is 468 g/mol. The number of carbonyl (C=O) groups excluding carboxylic acids is 1. The number of imidazole rings is 1. The number of hydrogen-bond acceptors (Lipinski definition) is 6. The average Bonchev–Trinajstić information content (AvgIpc) is 3.43. The third-order valence-corrected chi connectivity index (χ3v) is 6.02. The molecule has 1 amide bonds. The van der Waals surface area contributed by atoms with Gasteiger partial charge in [-0.15, -0.1) is 0 Å². The summed E-state index contributed by atoms with van der Waals surface area (Å²) in [5.74, 6) is -0.000599. The summed E-state index contributed by atoms with van der Waals surface area (Å²) in [6.07, 6.45) is 4.65. The van der Waals surface area contributed by atoms with E-state index >= 15 is 0 Å². The van der Waals surface area contributed by atoms with E-state index in [4.69, 9.17) is 0 Å². The normalized spacial score (nSPS) is 13.9. The molecular formula is C27H28N6O2. The number of benzene rings is 3. The van der Waals surface area contributed by atoms with Gasteiger partial charge in [-0.3, -0.25) is 4.79 Å². The van der Waals surface area contributed by atoms with E-state index in [9.17, 15) is 9.90 Å². The van der Waals surface area contributed by atoms with Gasteiger partial charge in [-0.05, 0) is 85.6 Å². The molecule has 0 bridgehead atoms. The van der Waals surface area contributed by atoms with E-state index in [0.717, 1.165) is 48.7 Å². The lowest BCUT2D eigenvalue weighted by atomic mass is 10.1. The number of amides is 1. The van der Waals surface area contributed by atoms with Gasteiger partial charge in [-0.25, -0.2) is 4.98 Å². The zero-order chi connectivity index (χ0) is 24.0. The van der Waals surface area contributed by atoms with Gasteiger partial charge in [-0.2, -0.15) is 0 Å². The van der Waals surface area contributed by atoms with Crippen molar-refractivity contribution >= 4 is 40.0 Å². The first-order valence-electron chi connectivity index (χ1n) is 11.7. The van der Waals surface area contributed by atoms with Crippen molar-refractivity contribution in [3.05, 3.63) is 91.0 Å². The van der Waals surface area contributed by atoms with E-state index in [-0.39, 0.29) is 17.8 Å². The molecule has 35 heavy (non-hydrogen) atoms. The molecule has 0 radical (unpaired) electrons. The molecule has 5 N–H and O–H groups in total. The van der Waals surface area contributed by atoms with Crippen LogP contribution in [-0.4, -0.2) is 40.2 Å². The molecule has 2 heterocycles. The Morgan fingerprint density at radius 1 is 0.800 bits per heavy atom. The standard InChI is InChI=1S/C27H28N6O2/c34-25-13-17-33(18-14-25)24-11-9-22(10-12-24)31-20-3-1-19(2-4-20)30-21-5-7-23(8-6-21)32-27(35)26-28-15-16-29-26/h1-12,15-16,25,30-31,34H,13-14,17-18H2,(H,28,29)(H,32,35). The second kappa shape index (κ2) is 10.3. The van der Waals surface area contributed by atoms with Crippen molar-refractivity contribution in [3.8, 4) is 0 Å². The number of nitrogens with zero attached hydrogens (tertiary/aromatic N) is 2. The Bertz CT molecular complexity index is 1230. The van der Waals surface area contributed by atoms with Crippen LogP contribution in [0.25, 0.3) is 0 Å². The topological polar surface area (TPSA) is 105 Å². The second-order valence-corrected chi connectivity index (χ2v) is 8.56. The lowest BCUT2D eigenvalue weighted by Crippen LogP contribution is -2.35. The average molecular weight is 469 g/mol. The number of aliphatic hydroxyl groups is 1. The SMILES string of the molecule is O=C(Nc1ccc(Nc2ccc(Nc3ccc(N4CCC(O)CC4)cc3)cc2)cc1)c1ncc[nH]1. The summed E-state index contributed by atoms with van der Waals surface area (Å²) in [4.78, 5) is 21.1. The number of rotatable bonds is 7. The minimum Gasteiger partial charge on any atom is -0.393 e. The van der Waals surface area contributed by atoms with Crippen molar-refractivity contribution in [2.45, 2.75) is 18.9 Å². The third-order valence-electron chi connectivity index (χ3n) is 6.02. The highest BCUT2D eigenvalue weighted by atomic mass is 16.3. The van der Waals surface area contributed by atoms with Crippen molar-refractivity contribution < 1.29 is 9.90 Å². The number of piperidine rings is 1. The van der Waals surface area contributed by atoms with Crippen LogP contribution in [0.2, 0.25) is 0 Å². The first-order valence-corrected chi connectivity index (χ1v) is 11.7. The molecule has 1 aliphatic heterocycles. The summed E-state index contributed by atoms with van der Waals surface area (Å²) in [5.41, 5.74) is 5.79. The molecule has 0 spiro atoms. The zero-order valence-electron chi connectivity index (χ0n) is 19.2. The van der Waals surface area contributed by atoms with Crippen LogP contribution in [0, 0.1) is 0 Å². The van der Waals surface area contributed by atoms with Gasteiger partial charge < -0.3 is 30.9 Å². The maximum Gasteiger partial charge on any atom is 0.291 e. The van der Waals surface area contributed by atoms with E-state index in [0.29, 0.717) is 5.69 Å². The molecule has 178 valence electrons. The molecule has 0 atom stereocenters. The predicted molar refractivity (Wildman–Crippen MR) is 140 cm³/mol. The molecule has 8 nitrogen and oxygen atoms in total. The van der Waals surface area contributed by atoms with Gasteiger partial charge >= 0.3 is 0 Å². The molecule has 0 saturated carbocycles. The van der Waals surface area contributed by atoms with Crippen molar-refractivity contribution in [2.24, 2.45) is 0 Å². The number of nitrogens with one attached hydrogen (secondary N) is 4. The fraction of sp³-hybridized carbons (Fsp3) is 0.185. The Balaban J connectivity index is 1.14. The van der Waals surface area contributed by atoms with Gasteiger partial charge in [0.2, 0.25) is 0 Å². The van der Waals surface area contributed by atoms with Crippen molar-refractivity contribution in [2.75, 3.05) is 33.9 Å². The summed E-state index contributed by atoms with van der Waals surface area (Å²) >= 11 is 0. The van der Waals surface area contributed by atoms with Crippen molar-refractivity contribution in [3.63, 3.8) is 0 Å². The van der Waals surface area contributed by atoms with Crippen LogP contribution >= 0.6 is 0 Å². The lowest BCUT2D eigenvalue weighted by molar-refractivity contribution is 0.101. The zero-order valence-corrected chi connectivity index (χ0v) is 19.2. The summed E-state index contributed by atoms with van der Waals surface area (Å²) < 4.78 is 0. The van der Waals surface area contributed by atoms with Crippen molar-refractivity contribution in [1.82, 2.24) is 9.97 Å². The van der Waals surface area contributed by atoms with Gasteiger partial charge in [0.15, 0.2) is 5.82 Å². The molecule has 4 aromatic rings. The highest BCUT2D eigenvalue weighted by Crippen LogP contribution is 2.25. The molecule has 0 aliphatic carbocycles. The molecular weight excluding hydrogens is 440 g/mol. The Hall–Kier alpha value is -4.30. The number of aliphatic hydroxyl groups excluding tert-OH is 1. The second-order valence-electron chi connectivity index (χ2n) is 8.56. The number of aromatic amines is 1. The first-order chi connectivity index (χ1) is 17.1. The van der Waals surface area contributed by atoms with E-state index in [1.54, 1.807) is 12.4 Å². The predicted octanol–water partition coefficient (Wildman–Crippen LogP) is 5.11. The van der Waals surface area contributed by atoms with Crippen LogP contribution in [0.4, 0.5) is 34.1 Å². The smallest absolute Gasteiger partial charge is 0.291 e. The molecule has 1 aliphatic rings. The Morgan fingerprint density at radius 3 is 1.77 bits per heavy atom. The van der Waals surface area contributed by atoms with Crippen molar-refractivity contribution in [1.29, 1.82) is 0 Å². The summed E-state index contributed by atoms with van der Waals surface area (Å²) in [6, 6.07) is 24.0. The van der Waals surface area contributed by atoms with Crippen LogP contribution in [0.3, 0.4) is 0 Å². The van der Waals surface area contributed by atoms with Gasteiger partial charge in [0, 0.05) is 59.6 Å². The van der Waals surface area contributed by atoms with Gasteiger partial charge in [0.25, 0.3) is 5.91 Å². The highest BCUT2D eigenvalue weighted by molar-refractivity contribution is 6.01. The van der Waals surface area contributed by atoms with E-state index in [1.807, 2.05) is 48.5 Å². The summed E-state index contributed by atoms with van der Waals surface area (Å²) in [6.45, 7) is 1.79. The number of H-pyrrole nitrogens is 1. The first kappa shape index (κ1) is 22.5. The van der Waals surface area contributed by atoms with E-state index < -0.39 is 0 Å². The van der Waals surface area contributed by atoms with Crippen LogP contribution < -0.4 is 20.9 Å². The number of anilines is 6. The highest BCUT2D eigenvalue weighted by Gasteiger charge is 2.17. The van der Waals surface area contributed by atoms with E-state index in [2.05, 4.69) is 55.1 Å². The van der Waals surface area contributed by atoms with E-state index in [1.165, 1.54) is 5.69 Å². The fourth-order valence-corrected chi connectivity index (χ4v) is 4.07. The Morgan fingerprint density at radius 2 is 1.29 bits per heavy atom. The molecule has 8 heteroatoms. The van der Waals surface area contributed by atoms with Gasteiger partial charge in [0.1, 0.15) is 0 Å². The fourth-order valence-electron chi connectivity index (χ4n) is 4.07. The van der Waals surface area contributed by atoms with Gasteiger partial charge in [0.05, 0.1) is 6.10 Å². The minimum atomic E-state index is -0.278. The van der Waals surface area contributed by atoms with Gasteiger partial charge in [-0.1, -0.05) is 0 Å². The minimum absolute atomic E-state index is 0.162. The largest absolute Gasteiger partial charge is 0.393 e. The summed E-state index contributed by atoms with van der Waals surface area (Å²) in [7, 11) is 0. The molecule has 1 saturated heterocycles. The third kappa shape index (κ3) is 5.80. The molecule has 1 fully saturated rings. The maximum absolute atomic E-state index is 12.1. The maximum atomic E-state index is 12.1. The van der Waals surface area contributed by atoms with Crippen LogP contribution in [-0.2, 0) is 0 Å². The molecule has 5 rings (SSSR count). The lowest BCUT2D eigenvalue weighted by Gasteiger charge is -2.31.